The second-order valence-corrected chi connectivity index (χ2v) is 10.5. The summed E-state index contributed by atoms with van der Waals surface area (Å²) in [5.41, 5.74) is 1.87. The molecule has 3 aromatic rings. The molecule has 2 atom stereocenters. The van der Waals surface area contributed by atoms with E-state index >= 15 is 0 Å². The second-order valence-electron chi connectivity index (χ2n) is 9.62. The van der Waals surface area contributed by atoms with Crippen LogP contribution < -0.4 is 10.6 Å². The Bertz CT molecular complexity index is 1430. The number of halogens is 2. The van der Waals surface area contributed by atoms with E-state index in [0.29, 0.717) is 37.2 Å². The van der Waals surface area contributed by atoms with Gasteiger partial charge in [0.2, 0.25) is 5.91 Å². The molecule has 37 heavy (non-hydrogen) atoms. The zero-order valence-electron chi connectivity index (χ0n) is 20.1. The van der Waals surface area contributed by atoms with Crippen LogP contribution in [-0.4, -0.2) is 40.6 Å². The van der Waals surface area contributed by atoms with Crippen molar-refractivity contribution in [3.63, 3.8) is 0 Å². The SMILES string of the molecule is O=C(CC1C=c2ccccc2=N1)N1CCC(c2nc(C3=NOC(c4ccccc4C(F)F)C3)cs2)CC1. The summed E-state index contributed by atoms with van der Waals surface area (Å²) < 4.78 is 26.8. The number of hydrogen-bond donors (Lipinski definition) is 0. The fourth-order valence-electron chi connectivity index (χ4n) is 5.26. The maximum atomic E-state index is 13.4. The first-order valence-corrected chi connectivity index (χ1v) is 13.4. The number of alkyl halides is 2. The maximum absolute atomic E-state index is 13.4. The lowest BCUT2D eigenvalue weighted by atomic mass is 9.96. The summed E-state index contributed by atoms with van der Waals surface area (Å²) in [5, 5.41) is 9.22. The highest BCUT2D eigenvalue weighted by Gasteiger charge is 2.31. The third kappa shape index (κ3) is 4.92. The lowest BCUT2D eigenvalue weighted by Gasteiger charge is -2.31. The van der Waals surface area contributed by atoms with Gasteiger partial charge in [0.1, 0.15) is 5.71 Å². The van der Waals surface area contributed by atoms with Crippen LogP contribution in [0, 0.1) is 0 Å². The molecule has 0 bridgehead atoms. The molecule has 0 N–H and O–H groups in total. The zero-order chi connectivity index (χ0) is 25.4. The number of aromatic nitrogens is 1. The van der Waals surface area contributed by atoms with Gasteiger partial charge < -0.3 is 9.74 Å². The number of carbonyl (C=O) groups excluding carboxylic acids is 1. The van der Waals surface area contributed by atoms with Crippen LogP contribution >= 0.6 is 11.3 Å². The lowest BCUT2D eigenvalue weighted by molar-refractivity contribution is -0.132. The van der Waals surface area contributed by atoms with Crippen molar-refractivity contribution in [1.82, 2.24) is 9.88 Å². The van der Waals surface area contributed by atoms with Gasteiger partial charge in [-0.1, -0.05) is 53.7 Å². The van der Waals surface area contributed by atoms with Crippen molar-refractivity contribution >= 4 is 29.0 Å². The Hall–Kier alpha value is -3.46. The largest absolute Gasteiger partial charge is 0.387 e. The van der Waals surface area contributed by atoms with E-state index in [1.165, 1.54) is 6.07 Å². The molecule has 1 amide bonds. The first kappa shape index (κ1) is 23.9. The van der Waals surface area contributed by atoms with E-state index in [2.05, 4.69) is 16.2 Å². The molecule has 9 heteroatoms. The number of fused-ring (bicyclic) bond motifs is 1. The fourth-order valence-corrected chi connectivity index (χ4v) is 6.26. The third-order valence-corrected chi connectivity index (χ3v) is 8.27. The molecule has 0 spiro atoms. The molecule has 3 aliphatic heterocycles. The van der Waals surface area contributed by atoms with Gasteiger partial charge in [-0.3, -0.25) is 9.79 Å². The summed E-state index contributed by atoms with van der Waals surface area (Å²) in [4.78, 5) is 29.8. The van der Waals surface area contributed by atoms with Gasteiger partial charge in [0.15, 0.2) is 6.10 Å². The first-order valence-electron chi connectivity index (χ1n) is 12.5. The molecular weight excluding hydrogens is 494 g/mol. The Kier molecular flexibility index (Phi) is 6.54. The van der Waals surface area contributed by atoms with Crippen LogP contribution in [0.2, 0.25) is 0 Å². The van der Waals surface area contributed by atoms with Gasteiger partial charge in [0.05, 0.1) is 28.5 Å². The highest BCUT2D eigenvalue weighted by molar-refractivity contribution is 7.10. The Morgan fingerprint density at radius 2 is 1.89 bits per heavy atom. The molecule has 2 unspecified atom stereocenters. The van der Waals surface area contributed by atoms with Crippen LogP contribution in [0.3, 0.4) is 0 Å². The van der Waals surface area contributed by atoms with Gasteiger partial charge in [0, 0.05) is 41.9 Å². The summed E-state index contributed by atoms with van der Waals surface area (Å²) in [7, 11) is 0. The number of piperidine rings is 1. The summed E-state index contributed by atoms with van der Waals surface area (Å²) in [6, 6.07) is 14.3. The molecule has 6 rings (SSSR count). The number of oxime groups is 1. The molecule has 0 aliphatic carbocycles. The average molecular weight is 521 g/mol. The predicted octanol–water partition coefficient (Wildman–Crippen LogP) is 4.53. The van der Waals surface area contributed by atoms with Gasteiger partial charge in [-0.05, 0) is 24.1 Å². The zero-order valence-corrected chi connectivity index (χ0v) is 20.9. The summed E-state index contributed by atoms with van der Waals surface area (Å²) in [5.74, 6) is 0.428. The van der Waals surface area contributed by atoms with E-state index in [1.807, 2.05) is 34.5 Å². The molecule has 1 fully saturated rings. The minimum Gasteiger partial charge on any atom is -0.387 e. The number of amides is 1. The fraction of sp³-hybridized carbons (Fsp3) is 0.357. The second kappa shape index (κ2) is 10.1. The molecule has 6 nitrogen and oxygen atoms in total. The van der Waals surface area contributed by atoms with Crippen molar-refractivity contribution in [1.29, 1.82) is 0 Å². The summed E-state index contributed by atoms with van der Waals surface area (Å²) in [6.07, 6.45) is 1.51. The predicted molar refractivity (Wildman–Crippen MR) is 137 cm³/mol. The number of carbonyl (C=O) groups is 1. The normalized spacial score (nSPS) is 21.3. The Morgan fingerprint density at radius 1 is 1.11 bits per heavy atom. The van der Waals surface area contributed by atoms with Crippen LogP contribution in [0.5, 0.6) is 0 Å². The van der Waals surface area contributed by atoms with Gasteiger partial charge in [-0.25, -0.2) is 13.8 Å². The Morgan fingerprint density at radius 3 is 2.70 bits per heavy atom. The molecule has 2 aromatic carbocycles. The van der Waals surface area contributed by atoms with Crippen molar-refractivity contribution < 1.29 is 18.4 Å². The van der Waals surface area contributed by atoms with E-state index in [4.69, 9.17) is 9.82 Å². The van der Waals surface area contributed by atoms with Crippen LogP contribution in [0.25, 0.3) is 6.08 Å². The topological polar surface area (TPSA) is 67.2 Å². The van der Waals surface area contributed by atoms with E-state index in [9.17, 15) is 13.6 Å². The molecule has 0 radical (unpaired) electrons. The van der Waals surface area contributed by atoms with Crippen LogP contribution in [-0.2, 0) is 9.63 Å². The van der Waals surface area contributed by atoms with Crippen LogP contribution in [0.15, 0.2) is 64.1 Å². The number of thiazole rings is 1. The van der Waals surface area contributed by atoms with Crippen LogP contribution in [0.4, 0.5) is 8.78 Å². The van der Waals surface area contributed by atoms with Crippen LogP contribution in [0.1, 0.15) is 66.0 Å². The first-order chi connectivity index (χ1) is 18.0. The maximum Gasteiger partial charge on any atom is 0.264 e. The number of hydrogen-bond acceptors (Lipinski definition) is 6. The van der Waals surface area contributed by atoms with Gasteiger partial charge in [-0.15, -0.1) is 11.3 Å². The number of nitrogens with zero attached hydrogens (tertiary/aromatic N) is 4. The Balaban J connectivity index is 1.04. The highest BCUT2D eigenvalue weighted by atomic mass is 32.1. The number of para-hydroxylation sites is 1. The molecule has 1 aromatic heterocycles. The van der Waals surface area contributed by atoms with E-state index in [-0.39, 0.29) is 23.4 Å². The minimum atomic E-state index is -2.56. The van der Waals surface area contributed by atoms with Crippen molar-refractivity contribution in [2.24, 2.45) is 10.1 Å². The third-order valence-electron chi connectivity index (χ3n) is 7.26. The van der Waals surface area contributed by atoms with Gasteiger partial charge >= 0.3 is 0 Å². The van der Waals surface area contributed by atoms with E-state index < -0.39 is 12.5 Å². The molecular formula is C28H26F2N4O2S. The number of rotatable bonds is 6. The lowest BCUT2D eigenvalue weighted by Crippen LogP contribution is -2.38. The summed E-state index contributed by atoms with van der Waals surface area (Å²) >= 11 is 1.59. The standard InChI is InChI=1S/C28H26F2N4O2S/c29-27(30)21-7-3-2-6-20(21)25-15-23(33-36-25)24-16-37-28(32-24)17-9-11-34(12-10-17)26(35)14-19-13-18-5-1-4-8-22(18)31-19/h1-8,13,16-17,19,25,27H,9-12,14-15H2. The molecule has 3 aliphatic rings. The number of likely N-dealkylation sites (tertiary alicyclic amines) is 1. The highest BCUT2D eigenvalue weighted by Crippen LogP contribution is 2.36. The molecule has 0 saturated carbocycles. The number of benzene rings is 2. The Labute approximate surface area is 217 Å². The van der Waals surface area contributed by atoms with Crippen molar-refractivity contribution in [3.05, 3.63) is 86.3 Å². The van der Waals surface area contributed by atoms with Crippen molar-refractivity contribution in [2.45, 2.75) is 50.2 Å². The van der Waals surface area contributed by atoms with Gasteiger partial charge in [0.25, 0.3) is 6.43 Å². The summed E-state index contributed by atoms with van der Waals surface area (Å²) in [6.45, 7) is 1.41. The van der Waals surface area contributed by atoms with E-state index in [0.717, 1.165) is 34.1 Å². The molecule has 4 heterocycles. The molecule has 190 valence electrons. The minimum absolute atomic E-state index is 0.0201. The quantitative estimate of drug-likeness (QED) is 0.480. The molecule has 1 saturated heterocycles. The van der Waals surface area contributed by atoms with Crippen molar-refractivity contribution in [3.8, 4) is 0 Å². The van der Waals surface area contributed by atoms with Crippen molar-refractivity contribution in [2.75, 3.05) is 13.1 Å². The smallest absolute Gasteiger partial charge is 0.264 e. The van der Waals surface area contributed by atoms with E-state index in [1.54, 1.807) is 29.5 Å². The van der Waals surface area contributed by atoms with Gasteiger partial charge in [-0.2, -0.15) is 0 Å². The monoisotopic (exact) mass is 520 g/mol. The average Bonchev–Trinajstić information content (AvgIpc) is 3.68.